The van der Waals surface area contributed by atoms with Gasteiger partial charge < -0.3 is 15.7 Å². The second kappa shape index (κ2) is 6.81. The third kappa shape index (κ3) is 4.58. The molecule has 0 saturated carbocycles. The molecule has 1 unspecified atom stereocenters. The Labute approximate surface area is 125 Å². The molecule has 1 amide bonds. The van der Waals surface area contributed by atoms with Gasteiger partial charge in [0, 0.05) is 13.1 Å². The first-order valence-corrected chi connectivity index (χ1v) is 7.02. The maximum Gasteiger partial charge on any atom is 0.237 e. The third-order valence-electron chi connectivity index (χ3n) is 2.94. The van der Waals surface area contributed by atoms with E-state index in [1.165, 1.54) is 0 Å². The molecule has 0 aliphatic rings. The Balaban J connectivity index is 3.03. The zero-order valence-electron chi connectivity index (χ0n) is 12.2. The fraction of sp³-hybridized carbons (Fsp3) is 0.467. The highest BCUT2D eigenvalue weighted by molar-refractivity contribution is 7.80. The van der Waals surface area contributed by atoms with Crippen molar-refractivity contribution in [3.05, 3.63) is 35.9 Å². The number of carbonyl (C=O) groups is 1. The lowest BCUT2D eigenvalue weighted by Crippen LogP contribution is -2.46. The van der Waals surface area contributed by atoms with Crippen molar-refractivity contribution in [3.63, 3.8) is 0 Å². The van der Waals surface area contributed by atoms with Crippen molar-refractivity contribution >= 4 is 23.1 Å². The minimum absolute atomic E-state index is 0.149. The molecule has 1 aromatic carbocycles. The van der Waals surface area contributed by atoms with Crippen LogP contribution in [0, 0.1) is 0 Å². The van der Waals surface area contributed by atoms with Gasteiger partial charge in [-0.3, -0.25) is 4.79 Å². The lowest BCUT2D eigenvalue weighted by atomic mass is 9.96. The van der Waals surface area contributed by atoms with Crippen LogP contribution >= 0.6 is 12.2 Å². The number of carbonyl (C=O) groups excluding carboxylic acids is 1. The monoisotopic (exact) mass is 294 g/mol. The second-order valence-corrected chi connectivity index (χ2v) is 5.88. The van der Waals surface area contributed by atoms with Gasteiger partial charge in [-0.25, -0.2) is 0 Å². The number of hydrogen-bond donors (Lipinski definition) is 2. The first kappa shape index (κ1) is 16.6. The molecule has 4 nitrogen and oxygen atoms in total. The first-order valence-electron chi connectivity index (χ1n) is 6.61. The predicted octanol–water partition coefficient (Wildman–Crippen LogP) is 1.68. The Bertz CT molecular complexity index is 469. The standard InChI is InChI=1S/C15H22N2O2S/c1-4-17(10-15(2,3)19)14(18)12(13(16)20)11-8-6-5-7-9-11/h5-9,12,19H,4,10H2,1-3H3,(H2,16,20). The Morgan fingerprint density at radius 2 is 1.95 bits per heavy atom. The van der Waals surface area contributed by atoms with Gasteiger partial charge in [-0.15, -0.1) is 0 Å². The highest BCUT2D eigenvalue weighted by Crippen LogP contribution is 2.20. The summed E-state index contributed by atoms with van der Waals surface area (Å²) in [6, 6.07) is 9.23. The molecule has 5 heteroatoms. The van der Waals surface area contributed by atoms with E-state index >= 15 is 0 Å². The van der Waals surface area contributed by atoms with Gasteiger partial charge in [-0.05, 0) is 26.3 Å². The number of benzene rings is 1. The van der Waals surface area contributed by atoms with Gasteiger partial charge in [0.2, 0.25) is 5.91 Å². The van der Waals surface area contributed by atoms with E-state index in [2.05, 4.69) is 0 Å². The lowest BCUT2D eigenvalue weighted by Gasteiger charge is -2.31. The molecule has 0 bridgehead atoms. The molecular formula is C15H22N2O2S. The average Bonchev–Trinajstić information content (AvgIpc) is 2.35. The molecule has 1 atom stereocenters. The van der Waals surface area contributed by atoms with Crippen molar-refractivity contribution in [1.82, 2.24) is 4.90 Å². The summed E-state index contributed by atoms with van der Waals surface area (Å²) in [5.41, 5.74) is 5.57. The summed E-state index contributed by atoms with van der Waals surface area (Å²) >= 11 is 5.05. The number of likely N-dealkylation sites (N-methyl/N-ethyl adjacent to an activating group) is 1. The Morgan fingerprint density at radius 1 is 1.40 bits per heavy atom. The van der Waals surface area contributed by atoms with E-state index in [4.69, 9.17) is 18.0 Å². The zero-order valence-corrected chi connectivity index (χ0v) is 13.0. The highest BCUT2D eigenvalue weighted by atomic mass is 32.1. The van der Waals surface area contributed by atoms with Gasteiger partial charge in [-0.1, -0.05) is 42.5 Å². The number of rotatable bonds is 6. The van der Waals surface area contributed by atoms with Crippen molar-refractivity contribution < 1.29 is 9.90 Å². The van der Waals surface area contributed by atoms with Gasteiger partial charge in [-0.2, -0.15) is 0 Å². The minimum Gasteiger partial charge on any atom is -0.392 e. The molecule has 3 N–H and O–H groups in total. The van der Waals surface area contributed by atoms with Crippen LogP contribution in [0.25, 0.3) is 0 Å². The molecule has 0 heterocycles. The predicted molar refractivity (Wildman–Crippen MR) is 84.5 cm³/mol. The molecule has 0 saturated heterocycles. The van der Waals surface area contributed by atoms with E-state index in [1.54, 1.807) is 18.7 Å². The second-order valence-electron chi connectivity index (χ2n) is 5.41. The number of nitrogens with zero attached hydrogens (tertiary/aromatic N) is 1. The summed E-state index contributed by atoms with van der Waals surface area (Å²) < 4.78 is 0. The molecule has 1 rings (SSSR count). The molecule has 20 heavy (non-hydrogen) atoms. The average molecular weight is 294 g/mol. The van der Waals surface area contributed by atoms with E-state index in [9.17, 15) is 9.90 Å². The van der Waals surface area contributed by atoms with Crippen molar-refractivity contribution in [2.45, 2.75) is 32.3 Å². The molecule has 0 radical (unpaired) electrons. The van der Waals surface area contributed by atoms with Crippen molar-refractivity contribution in [1.29, 1.82) is 0 Å². The van der Waals surface area contributed by atoms with Crippen LogP contribution in [0.1, 0.15) is 32.3 Å². The normalized spacial score (nSPS) is 12.8. The number of aliphatic hydroxyl groups is 1. The van der Waals surface area contributed by atoms with E-state index in [-0.39, 0.29) is 17.4 Å². The van der Waals surface area contributed by atoms with Gasteiger partial charge in [0.1, 0.15) is 5.92 Å². The van der Waals surface area contributed by atoms with Crippen LogP contribution in [0.2, 0.25) is 0 Å². The van der Waals surface area contributed by atoms with Gasteiger partial charge in [0.15, 0.2) is 0 Å². The number of nitrogens with two attached hydrogens (primary N) is 1. The van der Waals surface area contributed by atoms with Crippen molar-refractivity contribution in [3.8, 4) is 0 Å². The third-order valence-corrected chi connectivity index (χ3v) is 3.17. The molecule has 0 aliphatic heterocycles. The molecule has 0 aliphatic carbocycles. The van der Waals surface area contributed by atoms with Crippen molar-refractivity contribution in [2.75, 3.05) is 13.1 Å². The summed E-state index contributed by atoms with van der Waals surface area (Å²) in [5, 5.41) is 9.90. The fourth-order valence-electron chi connectivity index (χ4n) is 2.07. The van der Waals surface area contributed by atoms with Crippen LogP contribution < -0.4 is 5.73 Å². The quantitative estimate of drug-likeness (QED) is 0.783. The van der Waals surface area contributed by atoms with E-state index in [1.807, 2.05) is 37.3 Å². The summed E-state index contributed by atoms with van der Waals surface area (Å²) in [6.07, 6.45) is 0. The molecular weight excluding hydrogens is 272 g/mol. The Hall–Kier alpha value is -1.46. The topological polar surface area (TPSA) is 66.6 Å². The molecule has 0 fully saturated rings. The smallest absolute Gasteiger partial charge is 0.237 e. The van der Waals surface area contributed by atoms with Crippen LogP contribution in [-0.4, -0.2) is 39.6 Å². The fourth-order valence-corrected chi connectivity index (χ4v) is 2.31. The van der Waals surface area contributed by atoms with Crippen LogP contribution in [0.4, 0.5) is 0 Å². The lowest BCUT2D eigenvalue weighted by molar-refractivity contribution is -0.133. The molecule has 1 aromatic rings. The van der Waals surface area contributed by atoms with Gasteiger partial charge in [0.25, 0.3) is 0 Å². The Morgan fingerprint density at radius 3 is 2.35 bits per heavy atom. The maximum absolute atomic E-state index is 12.6. The Kier molecular flexibility index (Phi) is 5.65. The van der Waals surface area contributed by atoms with E-state index in [0.717, 1.165) is 5.56 Å². The summed E-state index contributed by atoms with van der Waals surface area (Å²) in [7, 11) is 0. The van der Waals surface area contributed by atoms with Gasteiger partial charge >= 0.3 is 0 Å². The van der Waals surface area contributed by atoms with Gasteiger partial charge in [0.05, 0.1) is 10.6 Å². The first-order chi connectivity index (χ1) is 9.26. The largest absolute Gasteiger partial charge is 0.392 e. The summed E-state index contributed by atoms with van der Waals surface area (Å²) in [6.45, 7) is 5.94. The van der Waals surface area contributed by atoms with Crippen LogP contribution in [-0.2, 0) is 4.79 Å². The van der Waals surface area contributed by atoms with Crippen LogP contribution in [0.15, 0.2) is 30.3 Å². The SMILES string of the molecule is CCN(CC(C)(C)O)C(=O)C(C(N)=S)c1ccccc1. The van der Waals surface area contributed by atoms with Crippen LogP contribution in [0.5, 0.6) is 0 Å². The van der Waals surface area contributed by atoms with Crippen molar-refractivity contribution in [2.24, 2.45) is 5.73 Å². The number of thiocarbonyl (C=S) groups is 1. The maximum atomic E-state index is 12.6. The molecule has 0 aromatic heterocycles. The van der Waals surface area contributed by atoms with E-state index < -0.39 is 11.5 Å². The summed E-state index contributed by atoms with van der Waals surface area (Å²) in [4.78, 5) is 14.4. The molecule has 110 valence electrons. The number of hydrogen-bond acceptors (Lipinski definition) is 3. The zero-order chi connectivity index (χ0) is 15.3. The highest BCUT2D eigenvalue weighted by Gasteiger charge is 2.30. The summed E-state index contributed by atoms with van der Waals surface area (Å²) in [5.74, 6) is -0.818. The van der Waals surface area contributed by atoms with E-state index in [0.29, 0.717) is 6.54 Å². The number of amides is 1. The minimum atomic E-state index is -0.955. The molecule has 0 spiro atoms. The van der Waals surface area contributed by atoms with Crippen LogP contribution in [0.3, 0.4) is 0 Å².